The maximum absolute atomic E-state index is 12.6. The van der Waals surface area contributed by atoms with Crippen LogP contribution in [0.25, 0.3) is 0 Å². The number of carbonyl (C=O) groups is 3. The molecular formula is C15H21NO4. The first-order valence-electron chi connectivity index (χ1n) is 7.61. The third kappa shape index (κ3) is 2.03. The third-order valence-electron chi connectivity index (χ3n) is 5.44. The Morgan fingerprint density at radius 2 is 1.90 bits per heavy atom. The Bertz CT molecular complexity index is 453. The molecule has 0 aromatic carbocycles. The molecule has 0 aromatic rings. The summed E-state index contributed by atoms with van der Waals surface area (Å²) in [5.74, 6) is -1.36. The second kappa shape index (κ2) is 4.86. The van der Waals surface area contributed by atoms with Crippen LogP contribution in [-0.2, 0) is 14.4 Å². The van der Waals surface area contributed by atoms with E-state index in [0.29, 0.717) is 19.4 Å². The van der Waals surface area contributed by atoms with E-state index in [2.05, 4.69) is 0 Å². The standard InChI is InChI=1S/C15H21NO4/c17-12-8-15(6-1-2-7-15)14(20)16(12)9-10-4-3-5-11(10)13(18)19/h10-11H,1-9H2,(H,18,19). The lowest BCUT2D eigenvalue weighted by molar-refractivity contribution is -0.147. The van der Waals surface area contributed by atoms with Gasteiger partial charge >= 0.3 is 5.97 Å². The maximum atomic E-state index is 12.6. The summed E-state index contributed by atoms with van der Waals surface area (Å²) in [6.45, 7) is 0.316. The average molecular weight is 279 g/mol. The average Bonchev–Trinajstić information content (AvgIpc) is 3.07. The molecule has 3 aliphatic rings. The minimum atomic E-state index is -0.790. The molecule has 1 aliphatic heterocycles. The van der Waals surface area contributed by atoms with Crippen LogP contribution in [0, 0.1) is 17.3 Å². The van der Waals surface area contributed by atoms with E-state index >= 15 is 0 Å². The zero-order valence-corrected chi connectivity index (χ0v) is 11.6. The third-order valence-corrected chi connectivity index (χ3v) is 5.44. The normalized spacial score (nSPS) is 32.5. The van der Waals surface area contributed by atoms with Crippen LogP contribution in [0.1, 0.15) is 51.4 Å². The molecule has 0 aromatic heterocycles. The number of carboxylic acids is 1. The highest BCUT2D eigenvalue weighted by molar-refractivity contribution is 6.06. The molecule has 2 unspecified atom stereocenters. The van der Waals surface area contributed by atoms with Crippen molar-refractivity contribution in [3.8, 4) is 0 Å². The van der Waals surface area contributed by atoms with Gasteiger partial charge in [-0.2, -0.15) is 0 Å². The molecule has 1 spiro atoms. The van der Waals surface area contributed by atoms with E-state index in [1.165, 1.54) is 4.90 Å². The molecule has 0 radical (unpaired) electrons. The number of carboxylic acid groups (broad SMARTS) is 1. The van der Waals surface area contributed by atoms with Gasteiger partial charge in [0.25, 0.3) is 0 Å². The van der Waals surface area contributed by atoms with E-state index in [9.17, 15) is 19.5 Å². The fourth-order valence-electron chi connectivity index (χ4n) is 4.30. The smallest absolute Gasteiger partial charge is 0.306 e. The van der Waals surface area contributed by atoms with Crippen LogP contribution >= 0.6 is 0 Å². The highest BCUT2D eigenvalue weighted by Crippen LogP contribution is 2.47. The quantitative estimate of drug-likeness (QED) is 0.799. The Kier molecular flexibility index (Phi) is 3.30. The lowest BCUT2D eigenvalue weighted by Crippen LogP contribution is -2.39. The van der Waals surface area contributed by atoms with Gasteiger partial charge in [-0.3, -0.25) is 19.3 Å². The first kappa shape index (κ1) is 13.6. The van der Waals surface area contributed by atoms with Gasteiger partial charge < -0.3 is 5.11 Å². The molecule has 1 saturated heterocycles. The van der Waals surface area contributed by atoms with E-state index in [-0.39, 0.29) is 17.7 Å². The van der Waals surface area contributed by atoms with Crippen LogP contribution in [-0.4, -0.2) is 34.3 Å². The lowest BCUT2D eigenvalue weighted by Gasteiger charge is -2.24. The fourth-order valence-corrected chi connectivity index (χ4v) is 4.30. The van der Waals surface area contributed by atoms with Crippen molar-refractivity contribution in [2.24, 2.45) is 17.3 Å². The van der Waals surface area contributed by atoms with Crippen molar-refractivity contribution in [3.63, 3.8) is 0 Å². The number of hydrogen-bond acceptors (Lipinski definition) is 3. The number of carbonyl (C=O) groups excluding carboxylic acids is 2. The van der Waals surface area contributed by atoms with Crippen molar-refractivity contribution in [1.82, 2.24) is 4.90 Å². The van der Waals surface area contributed by atoms with E-state index < -0.39 is 17.3 Å². The molecule has 2 saturated carbocycles. The summed E-state index contributed by atoms with van der Waals surface area (Å²) in [4.78, 5) is 37.3. The SMILES string of the molecule is O=C(O)C1CCCC1CN1C(=O)CC2(CCCC2)C1=O. The molecule has 1 N–H and O–H groups in total. The highest BCUT2D eigenvalue weighted by atomic mass is 16.4. The van der Waals surface area contributed by atoms with Crippen LogP contribution in [0.5, 0.6) is 0 Å². The zero-order valence-electron chi connectivity index (χ0n) is 11.6. The number of amides is 2. The number of aliphatic carboxylic acids is 1. The summed E-state index contributed by atoms with van der Waals surface area (Å²) in [5, 5.41) is 9.21. The summed E-state index contributed by atoms with van der Waals surface area (Å²) in [7, 11) is 0. The van der Waals surface area contributed by atoms with Crippen LogP contribution < -0.4 is 0 Å². The van der Waals surface area contributed by atoms with Gasteiger partial charge in [-0.15, -0.1) is 0 Å². The molecule has 1 heterocycles. The predicted molar refractivity (Wildman–Crippen MR) is 70.7 cm³/mol. The van der Waals surface area contributed by atoms with Crippen molar-refractivity contribution in [3.05, 3.63) is 0 Å². The first-order chi connectivity index (χ1) is 9.53. The number of nitrogens with zero attached hydrogens (tertiary/aromatic N) is 1. The molecule has 0 bridgehead atoms. The topological polar surface area (TPSA) is 74.7 Å². The molecule has 20 heavy (non-hydrogen) atoms. The second-order valence-corrected chi connectivity index (χ2v) is 6.61. The minimum Gasteiger partial charge on any atom is -0.481 e. The highest BCUT2D eigenvalue weighted by Gasteiger charge is 2.53. The Hall–Kier alpha value is -1.39. The number of hydrogen-bond donors (Lipinski definition) is 1. The van der Waals surface area contributed by atoms with E-state index in [1.807, 2.05) is 0 Å². The fraction of sp³-hybridized carbons (Fsp3) is 0.800. The summed E-state index contributed by atoms with van der Waals surface area (Å²) >= 11 is 0. The Balaban J connectivity index is 1.73. The van der Waals surface area contributed by atoms with Crippen molar-refractivity contribution in [2.45, 2.75) is 51.4 Å². The largest absolute Gasteiger partial charge is 0.481 e. The van der Waals surface area contributed by atoms with Gasteiger partial charge in [-0.25, -0.2) is 0 Å². The molecule has 2 amide bonds. The molecule has 5 heteroatoms. The van der Waals surface area contributed by atoms with Crippen LogP contribution in [0.4, 0.5) is 0 Å². The number of rotatable bonds is 3. The predicted octanol–water partition coefficient (Wildman–Crippen LogP) is 1.81. The molecule has 2 aliphatic carbocycles. The molecule has 2 atom stereocenters. The Morgan fingerprint density at radius 3 is 2.55 bits per heavy atom. The van der Waals surface area contributed by atoms with Crippen LogP contribution in [0.2, 0.25) is 0 Å². The second-order valence-electron chi connectivity index (χ2n) is 6.61. The zero-order chi connectivity index (χ0) is 14.3. The summed E-state index contributed by atoms with van der Waals surface area (Å²) in [6.07, 6.45) is 6.38. The van der Waals surface area contributed by atoms with Gasteiger partial charge in [0.1, 0.15) is 0 Å². The minimum absolute atomic E-state index is 0.0314. The molecule has 3 fully saturated rings. The van der Waals surface area contributed by atoms with Gasteiger partial charge in [0, 0.05) is 13.0 Å². The van der Waals surface area contributed by atoms with Crippen molar-refractivity contribution >= 4 is 17.8 Å². The Morgan fingerprint density at radius 1 is 1.20 bits per heavy atom. The molecular weight excluding hydrogens is 258 g/mol. The Labute approximate surface area is 118 Å². The van der Waals surface area contributed by atoms with Gasteiger partial charge in [-0.05, 0) is 31.6 Å². The van der Waals surface area contributed by atoms with Crippen LogP contribution in [0.3, 0.4) is 0 Å². The van der Waals surface area contributed by atoms with Gasteiger partial charge in [-0.1, -0.05) is 19.3 Å². The van der Waals surface area contributed by atoms with Crippen molar-refractivity contribution in [2.75, 3.05) is 6.54 Å². The molecule has 110 valence electrons. The number of likely N-dealkylation sites (tertiary alicyclic amines) is 1. The number of imide groups is 1. The maximum Gasteiger partial charge on any atom is 0.306 e. The van der Waals surface area contributed by atoms with E-state index in [1.54, 1.807) is 0 Å². The van der Waals surface area contributed by atoms with Gasteiger partial charge in [0.15, 0.2) is 0 Å². The summed E-state index contributed by atoms with van der Waals surface area (Å²) in [5.41, 5.74) is -0.436. The van der Waals surface area contributed by atoms with Gasteiger partial charge in [0.2, 0.25) is 11.8 Å². The van der Waals surface area contributed by atoms with Gasteiger partial charge in [0.05, 0.1) is 11.3 Å². The molecule has 5 nitrogen and oxygen atoms in total. The lowest BCUT2D eigenvalue weighted by atomic mass is 9.84. The summed E-state index contributed by atoms with van der Waals surface area (Å²) in [6, 6.07) is 0. The monoisotopic (exact) mass is 279 g/mol. The molecule has 3 rings (SSSR count). The van der Waals surface area contributed by atoms with E-state index in [4.69, 9.17) is 0 Å². The van der Waals surface area contributed by atoms with Crippen molar-refractivity contribution < 1.29 is 19.5 Å². The summed E-state index contributed by atoms with van der Waals surface area (Å²) < 4.78 is 0. The van der Waals surface area contributed by atoms with Crippen LogP contribution in [0.15, 0.2) is 0 Å². The first-order valence-corrected chi connectivity index (χ1v) is 7.61. The van der Waals surface area contributed by atoms with Crippen molar-refractivity contribution in [1.29, 1.82) is 0 Å². The van der Waals surface area contributed by atoms with E-state index in [0.717, 1.165) is 38.5 Å².